The number of nitrogens with zero attached hydrogens (tertiary/aromatic N) is 2. The summed E-state index contributed by atoms with van der Waals surface area (Å²) in [7, 11) is 0. The van der Waals surface area contributed by atoms with E-state index in [4.69, 9.17) is 4.74 Å². The molecular weight excluding hydrogens is 336 g/mol. The molecule has 0 N–H and O–H groups in total. The molecule has 1 amide bonds. The minimum atomic E-state index is 0.0724. The van der Waals surface area contributed by atoms with Crippen molar-refractivity contribution in [3.8, 4) is 16.9 Å². The van der Waals surface area contributed by atoms with Crippen molar-refractivity contribution in [2.24, 2.45) is 0 Å². The molecule has 0 atom stereocenters. The number of hydrogen-bond acceptors (Lipinski definition) is 3. The minimum absolute atomic E-state index is 0.0724. The molecule has 2 heterocycles. The molecule has 0 spiro atoms. The highest BCUT2D eigenvalue weighted by atomic mass is 16.5. The van der Waals surface area contributed by atoms with E-state index >= 15 is 0 Å². The van der Waals surface area contributed by atoms with Crippen LogP contribution in [0.25, 0.3) is 22.0 Å². The summed E-state index contributed by atoms with van der Waals surface area (Å²) in [6.45, 7) is 0.139. The van der Waals surface area contributed by atoms with Gasteiger partial charge in [0.15, 0.2) is 6.61 Å². The van der Waals surface area contributed by atoms with Crippen molar-refractivity contribution in [3.05, 3.63) is 54.7 Å². The molecule has 4 heteroatoms. The summed E-state index contributed by atoms with van der Waals surface area (Å²) in [5.74, 6) is 0.876. The topological polar surface area (TPSA) is 42.4 Å². The van der Waals surface area contributed by atoms with E-state index in [1.165, 1.54) is 19.3 Å². The van der Waals surface area contributed by atoms with Gasteiger partial charge in [0.25, 0.3) is 5.91 Å². The third-order valence-corrected chi connectivity index (χ3v) is 5.70. The van der Waals surface area contributed by atoms with Gasteiger partial charge in [0.1, 0.15) is 5.75 Å². The van der Waals surface area contributed by atoms with Crippen molar-refractivity contribution < 1.29 is 9.53 Å². The lowest BCUT2D eigenvalue weighted by Gasteiger charge is -2.38. The maximum absolute atomic E-state index is 12.7. The lowest BCUT2D eigenvalue weighted by Crippen LogP contribution is -2.46. The molecule has 27 heavy (non-hydrogen) atoms. The molecule has 1 aliphatic heterocycles. The Morgan fingerprint density at radius 1 is 0.963 bits per heavy atom. The molecule has 5 rings (SSSR count). The third-order valence-electron chi connectivity index (χ3n) is 5.70. The van der Waals surface area contributed by atoms with Gasteiger partial charge >= 0.3 is 0 Å². The zero-order valence-electron chi connectivity index (χ0n) is 15.2. The molecule has 3 aromatic rings. The number of benzene rings is 2. The Kier molecular flexibility index (Phi) is 4.04. The monoisotopic (exact) mass is 358 g/mol. The van der Waals surface area contributed by atoms with Crippen LogP contribution in [0.1, 0.15) is 32.1 Å². The van der Waals surface area contributed by atoms with Gasteiger partial charge in [0.05, 0.1) is 11.2 Å². The molecule has 2 aromatic carbocycles. The van der Waals surface area contributed by atoms with Crippen LogP contribution < -0.4 is 9.64 Å². The highest BCUT2D eigenvalue weighted by Gasteiger charge is 2.32. The summed E-state index contributed by atoms with van der Waals surface area (Å²) in [5, 5.41) is 1.11. The average Bonchev–Trinajstić information content (AvgIpc) is 2.73. The average molecular weight is 358 g/mol. The number of hydrogen-bond donors (Lipinski definition) is 0. The van der Waals surface area contributed by atoms with Gasteiger partial charge in [0.2, 0.25) is 0 Å². The number of amides is 1. The molecule has 1 saturated carbocycles. The van der Waals surface area contributed by atoms with E-state index in [2.05, 4.69) is 29.2 Å². The Labute approximate surface area is 158 Å². The summed E-state index contributed by atoms with van der Waals surface area (Å²) in [6, 6.07) is 16.7. The van der Waals surface area contributed by atoms with Gasteiger partial charge in [-0.2, -0.15) is 0 Å². The minimum Gasteiger partial charge on any atom is -0.482 e. The normalized spacial score (nSPS) is 17.6. The first-order valence-electron chi connectivity index (χ1n) is 9.74. The Balaban J connectivity index is 1.57. The number of fused-ring (bicyclic) bond motifs is 2. The first kappa shape index (κ1) is 16.3. The second-order valence-electron chi connectivity index (χ2n) is 7.44. The fourth-order valence-electron chi connectivity index (χ4n) is 4.32. The number of carbonyl (C=O) groups is 1. The summed E-state index contributed by atoms with van der Waals surface area (Å²) in [6.07, 6.45) is 7.71. The van der Waals surface area contributed by atoms with Crippen molar-refractivity contribution in [3.63, 3.8) is 0 Å². The van der Waals surface area contributed by atoms with Gasteiger partial charge in [-0.25, -0.2) is 0 Å². The smallest absolute Gasteiger partial charge is 0.265 e. The van der Waals surface area contributed by atoms with Crippen LogP contribution >= 0.6 is 0 Å². The summed E-state index contributed by atoms with van der Waals surface area (Å²) in [4.78, 5) is 19.2. The van der Waals surface area contributed by atoms with Gasteiger partial charge in [-0.1, -0.05) is 43.5 Å². The van der Waals surface area contributed by atoms with E-state index in [9.17, 15) is 4.79 Å². The Hall–Kier alpha value is -2.88. The van der Waals surface area contributed by atoms with Crippen molar-refractivity contribution in [1.29, 1.82) is 0 Å². The number of anilines is 1. The van der Waals surface area contributed by atoms with Crippen LogP contribution in [-0.2, 0) is 4.79 Å². The Bertz CT molecular complexity index is 1010. The lowest BCUT2D eigenvalue weighted by molar-refractivity contribution is -0.122. The Morgan fingerprint density at radius 3 is 2.70 bits per heavy atom. The first-order chi connectivity index (χ1) is 13.3. The van der Waals surface area contributed by atoms with Gasteiger partial charge in [-0.15, -0.1) is 0 Å². The molecule has 0 saturated heterocycles. The van der Waals surface area contributed by atoms with Crippen molar-refractivity contribution in [1.82, 2.24) is 4.98 Å². The van der Waals surface area contributed by atoms with Crippen molar-refractivity contribution >= 4 is 22.5 Å². The first-order valence-corrected chi connectivity index (χ1v) is 9.74. The zero-order valence-corrected chi connectivity index (χ0v) is 15.2. The molecule has 0 radical (unpaired) electrons. The van der Waals surface area contributed by atoms with Crippen LogP contribution in [0, 0.1) is 0 Å². The number of ether oxygens (including phenoxy) is 1. The standard InChI is InChI=1S/C23H22N2O2/c26-23-15-27-22-11-10-16(13-21(22)25(23)19-7-2-1-3-8-19)18-12-17-6-4-5-9-20(17)24-14-18/h4-6,9-14,19H,1-3,7-8,15H2. The number of para-hydroxylation sites is 1. The molecule has 4 nitrogen and oxygen atoms in total. The van der Waals surface area contributed by atoms with E-state index in [0.717, 1.165) is 46.3 Å². The quantitative estimate of drug-likeness (QED) is 0.650. The SMILES string of the molecule is O=C1COc2ccc(-c3cnc4ccccc4c3)cc2N1C1CCCCC1. The number of pyridine rings is 1. The molecule has 1 aromatic heterocycles. The Morgan fingerprint density at radius 2 is 1.81 bits per heavy atom. The number of aromatic nitrogens is 1. The van der Waals surface area contributed by atoms with Crippen LogP contribution in [0.3, 0.4) is 0 Å². The van der Waals surface area contributed by atoms with Gasteiger partial charge in [-0.3, -0.25) is 9.78 Å². The van der Waals surface area contributed by atoms with Crippen molar-refractivity contribution in [2.75, 3.05) is 11.5 Å². The van der Waals surface area contributed by atoms with E-state index in [-0.39, 0.29) is 12.5 Å². The third kappa shape index (κ3) is 2.95. The van der Waals surface area contributed by atoms with Gasteiger partial charge < -0.3 is 9.64 Å². The van der Waals surface area contributed by atoms with Crippen molar-refractivity contribution in [2.45, 2.75) is 38.1 Å². The fourth-order valence-corrected chi connectivity index (χ4v) is 4.32. The van der Waals surface area contributed by atoms with E-state index in [0.29, 0.717) is 6.04 Å². The number of rotatable bonds is 2. The lowest BCUT2D eigenvalue weighted by atomic mass is 9.93. The van der Waals surface area contributed by atoms with Crippen LogP contribution in [-0.4, -0.2) is 23.5 Å². The van der Waals surface area contributed by atoms with E-state index in [1.807, 2.05) is 35.4 Å². The number of carbonyl (C=O) groups excluding carboxylic acids is 1. The highest BCUT2D eigenvalue weighted by Crippen LogP contribution is 2.39. The maximum Gasteiger partial charge on any atom is 0.265 e. The fraction of sp³-hybridized carbons (Fsp3) is 0.304. The van der Waals surface area contributed by atoms with E-state index in [1.54, 1.807) is 0 Å². The maximum atomic E-state index is 12.7. The van der Waals surface area contributed by atoms with Crippen LogP contribution in [0.4, 0.5) is 5.69 Å². The molecule has 1 fully saturated rings. The largest absolute Gasteiger partial charge is 0.482 e. The highest BCUT2D eigenvalue weighted by molar-refractivity contribution is 5.99. The van der Waals surface area contributed by atoms with Crippen LogP contribution in [0.15, 0.2) is 54.7 Å². The predicted molar refractivity (Wildman–Crippen MR) is 107 cm³/mol. The van der Waals surface area contributed by atoms with E-state index < -0.39 is 0 Å². The second-order valence-corrected chi connectivity index (χ2v) is 7.44. The molecule has 0 bridgehead atoms. The predicted octanol–water partition coefficient (Wildman–Crippen LogP) is 4.96. The van der Waals surface area contributed by atoms with Gasteiger partial charge in [0, 0.05) is 23.2 Å². The summed E-state index contributed by atoms with van der Waals surface area (Å²) in [5.41, 5.74) is 4.01. The van der Waals surface area contributed by atoms with Gasteiger partial charge in [-0.05, 0) is 42.7 Å². The second kappa shape index (κ2) is 6.69. The molecule has 1 aliphatic carbocycles. The summed E-state index contributed by atoms with van der Waals surface area (Å²) >= 11 is 0. The summed E-state index contributed by atoms with van der Waals surface area (Å²) < 4.78 is 5.71. The van der Waals surface area contributed by atoms with Crippen LogP contribution in [0.2, 0.25) is 0 Å². The van der Waals surface area contributed by atoms with Crippen LogP contribution in [0.5, 0.6) is 5.75 Å². The zero-order chi connectivity index (χ0) is 18.2. The molecule has 136 valence electrons. The molecule has 0 unspecified atom stereocenters. The molecule has 2 aliphatic rings. The molecular formula is C23H22N2O2.